The Labute approximate surface area is 198 Å². The first kappa shape index (κ1) is 24.3. The maximum atomic E-state index is 12.4. The Morgan fingerprint density at radius 3 is 2.61 bits per heavy atom. The summed E-state index contributed by atoms with van der Waals surface area (Å²) >= 11 is 1.28. The molecule has 0 bridgehead atoms. The van der Waals surface area contributed by atoms with Gasteiger partial charge in [-0.05, 0) is 55.7 Å². The van der Waals surface area contributed by atoms with E-state index in [-0.39, 0.29) is 24.1 Å². The lowest BCUT2D eigenvalue weighted by Crippen LogP contribution is -2.36. The molecule has 0 fully saturated rings. The Hall–Kier alpha value is -3.33. The monoisotopic (exact) mass is 467 g/mol. The number of carbonyl (C=O) groups is 2. The quantitative estimate of drug-likeness (QED) is 0.443. The van der Waals surface area contributed by atoms with Crippen molar-refractivity contribution in [1.82, 2.24) is 20.1 Å². The smallest absolute Gasteiger partial charge is 0.261 e. The molecule has 174 valence electrons. The molecule has 33 heavy (non-hydrogen) atoms. The van der Waals surface area contributed by atoms with E-state index in [9.17, 15) is 9.59 Å². The number of hydrogen-bond acceptors (Lipinski definition) is 6. The molecule has 1 heterocycles. The number of rotatable bonds is 10. The van der Waals surface area contributed by atoms with Crippen molar-refractivity contribution in [2.24, 2.45) is 7.05 Å². The van der Waals surface area contributed by atoms with Gasteiger partial charge in [0.15, 0.2) is 17.1 Å². The van der Waals surface area contributed by atoms with E-state index in [1.165, 1.54) is 17.3 Å². The maximum Gasteiger partial charge on any atom is 0.261 e. The van der Waals surface area contributed by atoms with E-state index in [4.69, 9.17) is 4.74 Å². The van der Waals surface area contributed by atoms with Crippen molar-refractivity contribution in [2.45, 2.75) is 45.0 Å². The Morgan fingerprint density at radius 2 is 1.91 bits per heavy atom. The minimum atomic E-state index is -0.648. The highest BCUT2D eigenvalue weighted by molar-refractivity contribution is 7.99. The molecule has 3 aromatic rings. The van der Waals surface area contributed by atoms with Crippen LogP contribution in [0.3, 0.4) is 0 Å². The van der Waals surface area contributed by atoms with Crippen LogP contribution in [0.15, 0.2) is 53.7 Å². The van der Waals surface area contributed by atoms with Gasteiger partial charge in [-0.2, -0.15) is 0 Å². The molecule has 0 aliphatic carbocycles. The van der Waals surface area contributed by atoms with Gasteiger partial charge in [-0.3, -0.25) is 9.59 Å². The van der Waals surface area contributed by atoms with Gasteiger partial charge in [0.25, 0.3) is 5.91 Å². The minimum Gasteiger partial charge on any atom is -0.481 e. The number of benzene rings is 2. The Morgan fingerprint density at radius 1 is 1.15 bits per heavy atom. The van der Waals surface area contributed by atoms with Crippen molar-refractivity contribution in [3.8, 4) is 5.75 Å². The van der Waals surface area contributed by atoms with E-state index in [1.54, 1.807) is 18.5 Å². The normalized spacial score (nSPS) is 11.6. The summed E-state index contributed by atoms with van der Waals surface area (Å²) in [5.41, 5.74) is 3.05. The van der Waals surface area contributed by atoms with E-state index in [0.717, 1.165) is 17.7 Å². The van der Waals surface area contributed by atoms with Gasteiger partial charge >= 0.3 is 0 Å². The van der Waals surface area contributed by atoms with Crippen LogP contribution >= 0.6 is 11.8 Å². The Balaban J connectivity index is 1.46. The van der Waals surface area contributed by atoms with Gasteiger partial charge in [0.2, 0.25) is 5.91 Å². The molecule has 0 saturated carbocycles. The Kier molecular flexibility index (Phi) is 8.48. The van der Waals surface area contributed by atoms with Crippen LogP contribution in [-0.4, -0.2) is 38.4 Å². The summed E-state index contributed by atoms with van der Waals surface area (Å²) in [6, 6.07) is 15.3. The third kappa shape index (κ3) is 7.08. The van der Waals surface area contributed by atoms with Crippen LogP contribution in [0.1, 0.15) is 30.8 Å². The van der Waals surface area contributed by atoms with Crippen molar-refractivity contribution in [1.29, 1.82) is 0 Å². The van der Waals surface area contributed by atoms with Crippen molar-refractivity contribution in [3.05, 3.63) is 65.5 Å². The van der Waals surface area contributed by atoms with Crippen LogP contribution in [-0.2, 0) is 29.6 Å². The number of nitrogens with zero attached hydrogens (tertiary/aromatic N) is 3. The lowest BCUT2D eigenvalue weighted by atomic mass is 10.2. The Bertz CT molecular complexity index is 1100. The highest BCUT2D eigenvalue weighted by Gasteiger charge is 2.17. The van der Waals surface area contributed by atoms with Crippen molar-refractivity contribution < 1.29 is 14.3 Å². The van der Waals surface area contributed by atoms with Crippen LogP contribution in [0.25, 0.3) is 0 Å². The third-order valence-corrected chi connectivity index (χ3v) is 6.01. The van der Waals surface area contributed by atoms with Crippen LogP contribution in [0.5, 0.6) is 5.75 Å². The number of aromatic nitrogens is 3. The highest BCUT2D eigenvalue weighted by atomic mass is 32.2. The second kappa shape index (κ2) is 11.5. The molecule has 2 N–H and O–H groups in total. The molecule has 2 aromatic carbocycles. The lowest BCUT2D eigenvalue weighted by Gasteiger charge is -2.15. The summed E-state index contributed by atoms with van der Waals surface area (Å²) in [6.45, 7) is 5.97. The third-order valence-electron chi connectivity index (χ3n) is 4.99. The summed E-state index contributed by atoms with van der Waals surface area (Å²) < 4.78 is 7.48. The predicted molar refractivity (Wildman–Crippen MR) is 129 cm³/mol. The number of thioether (sulfide) groups is 1. The summed E-state index contributed by atoms with van der Waals surface area (Å²) in [4.78, 5) is 24.7. The summed E-state index contributed by atoms with van der Waals surface area (Å²) in [7, 11) is 1.80. The number of carbonyl (C=O) groups excluding carboxylic acids is 2. The number of hydrogen-bond donors (Lipinski definition) is 2. The van der Waals surface area contributed by atoms with Crippen LogP contribution in [0, 0.1) is 6.92 Å². The predicted octanol–water partition coefficient (Wildman–Crippen LogP) is 3.50. The van der Waals surface area contributed by atoms with E-state index in [0.29, 0.717) is 16.7 Å². The fraction of sp³-hybridized carbons (Fsp3) is 0.333. The zero-order valence-corrected chi connectivity index (χ0v) is 20.1. The summed E-state index contributed by atoms with van der Waals surface area (Å²) in [6.07, 6.45) is 0.302. The fourth-order valence-electron chi connectivity index (χ4n) is 3.05. The second-order valence-corrected chi connectivity index (χ2v) is 8.58. The van der Waals surface area contributed by atoms with Gasteiger partial charge in [-0.1, -0.05) is 43.0 Å². The topological polar surface area (TPSA) is 98.1 Å². The second-order valence-electron chi connectivity index (χ2n) is 7.64. The van der Waals surface area contributed by atoms with Gasteiger partial charge in [0.05, 0.1) is 12.3 Å². The summed E-state index contributed by atoms with van der Waals surface area (Å²) in [5.74, 6) is 1.07. The van der Waals surface area contributed by atoms with Crippen molar-refractivity contribution in [2.75, 3.05) is 11.1 Å². The van der Waals surface area contributed by atoms with E-state index in [2.05, 4.69) is 27.8 Å². The van der Waals surface area contributed by atoms with E-state index in [1.807, 2.05) is 55.5 Å². The number of nitrogens with one attached hydrogen (secondary N) is 2. The van der Waals surface area contributed by atoms with Gasteiger partial charge < -0.3 is 19.9 Å². The standard InChI is InChI=1S/C24H29N5O3S/c1-5-18-9-11-20(12-10-18)32-17(3)23(31)25-14-21-27-28-24(29(21)4)33-15-22(30)26-19-8-6-7-16(2)13-19/h6-13,17H,5,14-15H2,1-4H3,(H,25,31)(H,26,30)/t17-/m0/s1. The van der Waals surface area contributed by atoms with Gasteiger partial charge in [-0.15, -0.1) is 10.2 Å². The summed E-state index contributed by atoms with van der Waals surface area (Å²) in [5, 5.41) is 14.5. The zero-order chi connectivity index (χ0) is 23.8. The minimum absolute atomic E-state index is 0.124. The highest BCUT2D eigenvalue weighted by Crippen LogP contribution is 2.17. The molecule has 0 radical (unpaired) electrons. The molecule has 0 saturated heterocycles. The zero-order valence-electron chi connectivity index (χ0n) is 19.3. The number of ether oxygens (including phenoxy) is 1. The average molecular weight is 468 g/mol. The van der Waals surface area contributed by atoms with E-state index >= 15 is 0 Å². The molecule has 0 aliphatic rings. The number of anilines is 1. The maximum absolute atomic E-state index is 12.4. The first-order valence-corrected chi connectivity index (χ1v) is 11.7. The van der Waals surface area contributed by atoms with Gasteiger partial charge in [0, 0.05) is 12.7 Å². The number of amides is 2. The largest absolute Gasteiger partial charge is 0.481 e. The molecule has 0 aliphatic heterocycles. The molecular formula is C24H29N5O3S. The van der Waals surface area contributed by atoms with Crippen molar-refractivity contribution in [3.63, 3.8) is 0 Å². The van der Waals surface area contributed by atoms with Crippen molar-refractivity contribution >= 4 is 29.3 Å². The van der Waals surface area contributed by atoms with Crippen LogP contribution < -0.4 is 15.4 Å². The molecule has 0 unspecified atom stereocenters. The molecule has 1 aromatic heterocycles. The molecule has 2 amide bonds. The van der Waals surface area contributed by atoms with Crippen LogP contribution in [0.2, 0.25) is 0 Å². The van der Waals surface area contributed by atoms with Gasteiger partial charge in [-0.25, -0.2) is 0 Å². The number of aryl methyl sites for hydroxylation is 2. The first-order valence-electron chi connectivity index (χ1n) is 10.8. The molecule has 3 rings (SSSR count). The molecule has 0 spiro atoms. The first-order chi connectivity index (χ1) is 15.9. The molecule has 8 nitrogen and oxygen atoms in total. The van der Waals surface area contributed by atoms with E-state index < -0.39 is 6.10 Å². The van der Waals surface area contributed by atoms with Crippen LogP contribution in [0.4, 0.5) is 5.69 Å². The van der Waals surface area contributed by atoms with Gasteiger partial charge in [0.1, 0.15) is 5.75 Å². The molecule has 9 heteroatoms. The fourth-order valence-corrected chi connectivity index (χ4v) is 3.78. The SMILES string of the molecule is CCc1ccc(O[C@@H](C)C(=O)NCc2nnc(SCC(=O)Nc3cccc(C)c3)n2C)cc1. The molecular weight excluding hydrogens is 438 g/mol. The average Bonchev–Trinajstić information content (AvgIpc) is 3.15. The molecule has 1 atom stereocenters. The lowest BCUT2D eigenvalue weighted by molar-refractivity contribution is -0.127.